The average molecular weight is 215 g/mol. The summed E-state index contributed by atoms with van der Waals surface area (Å²) in [6.07, 6.45) is 1.85. The molecule has 1 N–H and O–H groups in total. The molecular weight excluding hydrogens is 204 g/mol. The van der Waals surface area contributed by atoms with E-state index in [1.807, 2.05) is 0 Å². The molecule has 1 aromatic heterocycles. The van der Waals surface area contributed by atoms with E-state index in [9.17, 15) is 0 Å². The Hall–Kier alpha value is -1.00. The van der Waals surface area contributed by atoms with Gasteiger partial charge in [-0.05, 0) is 0 Å². The van der Waals surface area contributed by atoms with Crippen LogP contribution in [-0.4, -0.2) is 31.3 Å². The summed E-state index contributed by atoms with van der Waals surface area (Å²) in [6.45, 7) is 1.76. The van der Waals surface area contributed by atoms with Crippen molar-refractivity contribution in [1.82, 2.24) is 10.3 Å². The molecule has 0 saturated carbocycles. The summed E-state index contributed by atoms with van der Waals surface area (Å²) < 4.78 is 10.5. The molecule has 0 bridgehead atoms. The molecule has 0 atom stereocenters. The van der Waals surface area contributed by atoms with E-state index in [2.05, 4.69) is 10.3 Å². The Labute approximate surface area is 87.2 Å². The molecule has 1 fully saturated rings. The van der Waals surface area contributed by atoms with Crippen molar-refractivity contribution in [3.05, 3.63) is 17.3 Å². The monoisotopic (exact) mass is 214 g/mol. The summed E-state index contributed by atoms with van der Waals surface area (Å²) in [7, 11) is 1.53. The van der Waals surface area contributed by atoms with Gasteiger partial charge in [-0.2, -0.15) is 0 Å². The predicted octanol–water partition coefficient (Wildman–Crippen LogP) is 1.09. The van der Waals surface area contributed by atoms with Crippen molar-refractivity contribution >= 4 is 11.6 Å². The zero-order chi connectivity index (χ0) is 9.97. The Morgan fingerprint density at radius 1 is 1.57 bits per heavy atom. The van der Waals surface area contributed by atoms with Gasteiger partial charge < -0.3 is 14.8 Å². The maximum atomic E-state index is 5.89. The third-order valence-electron chi connectivity index (χ3n) is 2.02. The molecule has 76 valence electrons. The summed E-state index contributed by atoms with van der Waals surface area (Å²) in [6, 6.07) is 1.71. The molecule has 14 heavy (non-hydrogen) atoms. The first-order chi connectivity index (χ1) is 6.79. The number of hydrogen-bond donors (Lipinski definition) is 1. The van der Waals surface area contributed by atoms with E-state index in [1.54, 1.807) is 12.3 Å². The smallest absolute Gasteiger partial charge is 0.232 e. The average Bonchev–Trinajstić information content (AvgIpc) is 2.12. The zero-order valence-corrected chi connectivity index (χ0v) is 8.54. The minimum Gasteiger partial charge on any atom is -0.486 e. The largest absolute Gasteiger partial charge is 0.486 e. The lowest BCUT2D eigenvalue weighted by atomic mass is 10.2. The normalized spacial score (nSPS) is 16.1. The minimum absolute atomic E-state index is 0.237. The van der Waals surface area contributed by atoms with Gasteiger partial charge >= 0.3 is 0 Å². The van der Waals surface area contributed by atoms with Crippen molar-refractivity contribution in [2.24, 2.45) is 0 Å². The Kier molecular flexibility index (Phi) is 2.74. The Balaban J connectivity index is 2.07. The van der Waals surface area contributed by atoms with Crippen molar-refractivity contribution in [3.8, 4) is 11.6 Å². The number of aromatic nitrogens is 1. The van der Waals surface area contributed by atoms with Crippen molar-refractivity contribution in [2.75, 3.05) is 20.2 Å². The van der Waals surface area contributed by atoms with Gasteiger partial charge in [-0.25, -0.2) is 4.98 Å². The summed E-state index contributed by atoms with van der Waals surface area (Å²) in [5, 5.41) is 3.59. The maximum absolute atomic E-state index is 5.89. The molecule has 1 aromatic rings. The van der Waals surface area contributed by atoms with Crippen molar-refractivity contribution in [2.45, 2.75) is 6.10 Å². The van der Waals surface area contributed by atoms with Gasteiger partial charge in [-0.15, -0.1) is 0 Å². The SMILES string of the molecule is COc1ncc(OC2CNC2)cc1Cl. The zero-order valence-electron chi connectivity index (χ0n) is 7.79. The van der Waals surface area contributed by atoms with Crippen LogP contribution in [0, 0.1) is 0 Å². The van der Waals surface area contributed by atoms with Crippen molar-refractivity contribution < 1.29 is 9.47 Å². The highest BCUT2D eigenvalue weighted by atomic mass is 35.5. The fraction of sp³-hybridized carbons (Fsp3) is 0.444. The van der Waals surface area contributed by atoms with E-state index in [-0.39, 0.29) is 6.10 Å². The predicted molar refractivity (Wildman–Crippen MR) is 53.1 cm³/mol. The number of hydrogen-bond acceptors (Lipinski definition) is 4. The van der Waals surface area contributed by atoms with E-state index in [4.69, 9.17) is 21.1 Å². The van der Waals surface area contributed by atoms with Crippen LogP contribution < -0.4 is 14.8 Å². The Morgan fingerprint density at radius 3 is 2.86 bits per heavy atom. The third kappa shape index (κ3) is 1.91. The summed E-state index contributed by atoms with van der Waals surface area (Å²) in [5.41, 5.74) is 0. The fourth-order valence-corrected chi connectivity index (χ4v) is 1.39. The molecule has 5 heteroatoms. The van der Waals surface area contributed by atoms with E-state index < -0.39 is 0 Å². The lowest BCUT2D eigenvalue weighted by molar-refractivity contribution is 0.141. The van der Waals surface area contributed by atoms with Gasteiger partial charge in [-0.1, -0.05) is 11.6 Å². The lowest BCUT2D eigenvalue weighted by Crippen LogP contribution is -2.50. The first-order valence-electron chi connectivity index (χ1n) is 4.36. The quantitative estimate of drug-likeness (QED) is 0.818. The van der Waals surface area contributed by atoms with Gasteiger partial charge in [0.15, 0.2) is 0 Å². The topological polar surface area (TPSA) is 43.4 Å². The number of pyridine rings is 1. The second kappa shape index (κ2) is 4.02. The number of halogens is 1. The highest BCUT2D eigenvalue weighted by molar-refractivity contribution is 6.31. The summed E-state index contributed by atoms with van der Waals surface area (Å²) >= 11 is 5.89. The second-order valence-electron chi connectivity index (χ2n) is 3.06. The van der Waals surface area contributed by atoms with Crippen LogP contribution in [0.2, 0.25) is 5.02 Å². The van der Waals surface area contributed by atoms with Crippen LogP contribution in [-0.2, 0) is 0 Å². The van der Waals surface area contributed by atoms with Crippen molar-refractivity contribution in [3.63, 3.8) is 0 Å². The lowest BCUT2D eigenvalue weighted by Gasteiger charge is -2.27. The van der Waals surface area contributed by atoms with E-state index in [0.29, 0.717) is 16.7 Å². The molecule has 2 heterocycles. The number of nitrogens with one attached hydrogen (secondary N) is 1. The maximum Gasteiger partial charge on any atom is 0.232 e. The van der Waals surface area contributed by atoms with Gasteiger partial charge in [0.05, 0.1) is 13.3 Å². The Bertz CT molecular complexity index is 329. The molecule has 4 nitrogen and oxygen atoms in total. The van der Waals surface area contributed by atoms with E-state index in [0.717, 1.165) is 13.1 Å². The van der Waals surface area contributed by atoms with Crippen LogP contribution in [0.1, 0.15) is 0 Å². The molecule has 0 radical (unpaired) electrons. The molecule has 0 aliphatic carbocycles. The molecule has 1 saturated heterocycles. The standard InChI is InChI=1S/C9H11ClN2O2/c1-13-9-8(10)2-6(5-12-9)14-7-3-11-4-7/h2,5,7,11H,3-4H2,1H3. The number of ether oxygens (including phenoxy) is 2. The van der Waals surface area contributed by atoms with Crippen LogP contribution in [0.4, 0.5) is 0 Å². The van der Waals surface area contributed by atoms with E-state index in [1.165, 1.54) is 7.11 Å². The van der Waals surface area contributed by atoms with E-state index >= 15 is 0 Å². The van der Waals surface area contributed by atoms with Crippen LogP contribution in [0.15, 0.2) is 12.3 Å². The molecule has 1 aliphatic heterocycles. The number of methoxy groups -OCH3 is 1. The van der Waals surface area contributed by atoms with Gasteiger partial charge in [-0.3, -0.25) is 0 Å². The van der Waals surface area contributed by atoms with Crippen LogP contribution >= 0.6 is 11.6 Å². The first kappa shape index (κ1) is 9.55. The molecule has 0 spiro atoms. The molecule has 0 unspecified atom stereocenters. The molecule has 0 amide bonds. The third-order valence-corrected chi connectivity index (χ3v) is 2.29. The first-order valence-corrected chi connectivity index (χ1v) is 4.74. The van der Waals surface area contributed by atoms with Crippen LogP contribution in [0.5, 0.6) is 11.6 Å². The number of nitrogens with zero attached hydrogens (tertiary/aromatic N) is 1. The second-order valence-corrected chi connectivity index (χ2v) is 3.47. The van der Waals surface area contributed by atoms with Gasteiger partial charge in [0, 0.05) is 19.2 Å². The molecule has 1 aliphatic rings. The number of rotatable bonds is 3. The van der Waals surface area contributed by atoms with Gasteiger partial charge in [0.25, 0.3) is 0 Å². The molecule has 2 rings (SSSR count). The molecular formula is C9H11ClN2O2. The van der Waals surface area contributed by atoms with Crippen LogP contribution in [0.25, 0.3) is 0 Å². The van der Waals surface area contributed by atoms with Gasteiger partial charge in [0.2, 0.25) is 5.88 Å². The fourth-order valence-electron chi connectivity index (χ4n) is 1.16. The Morgan fingerprint density at radius 2 is 2.36 bits per heavy atom. The summed E-state index contributed by atoms with van der Waals surface area (Å²) in [5.74, 6) is 1.10. The highest BCUT2D eigenvalue weighted by Gasteiger charge is 2.18. The van der Waals surface area contributed by atoms with Crippen molar-refractivity contribution in [1.29, 1.82) is 0 Å². The highest BCUT2D eigenvalue weighted by Crippen LogP contribution is 2.26. The minimum atomic E-state index is 0.237. The molecule has 0 aromatic carbocycles. The van der Waals surface area contributed by atoms with Gasteiger partial charge in [0.1, 0.15) is 16.9 Å². The summed E-state index contributed by atoms with van der Waals surface area (Å²) in [4.78, 5) is 4.01. The van der Waals surface area contributed by atoms with Crippen LogP contribution in [0.3, 0.4) is 0 Å².